The second-order valence-electron chi connectivity index (χ2n) is 4.87. The molecule has 0 aliphatic carbocycles. The van der Waals surface area contributed by atoms with Crippen molar-refractivity contribution in [2.75, 3.05) is 13.1 Å². The molecule has 1 fully saturated rings. The molecule has 1 unspecified atom stereocenters. The fraction of sp³-hybridized carbons (Fsp3) is 0.385. The summed E-state index contributed by atoms with van der Waals surface area (Å²) in [6.07, 6.45) is 0. The SMILES string of the molecule is CCNC(=O)NC(=O)CN1C(=O)NC(C)(c2ccsc2)C1=O. The Kier molecular flexibility index (Phi) is 4.45. The van der Waals surface area contributed by atoms with Crippen molar-refractivity contribution in [1.29, 1.82) is 0 Å². The standard InChI is InChI=1S/C13H16N4O4S/c1-3-14-11(20)15-9(18)6-17-10(19)13(2,16-12(17)21)8-4-5-22-7-8/h4-5,7H,3,6H2,1-2H3,(H,16,21)(H2,14,15,18,20). The number of rotatable bonds is 4. The molecule has 1 aliphatic heterocycles. The molecule has 8 nitrogen and oxygen atoms in total. The zero-order valence-electron chi connectivity index (χ0n) is 12.1. The molecule has 1 aliphatic rings. The molecule has 6 amide bonds. The lowest BCUT2D eigenvalue weighted by atomic mass is 9.95. The highest BCUT2D eigenvalue weighted by Gasteiger charge is 2.49. The fourth-order valence-corrected chi connectivity index (χ4v) is 2.86. The molecule has 1 saturated heterocycles. The summed E-state index contributed by atoms with van der Waals surface area (Å²) in [6, 6.07) is 0.408. The summed E-state index contributed by atoms with van der Waals surface area (Å²) < 4.78 is 0. The molecule has 3 N–H and O–H groups in total. The topological polar surface area (TPSA) is 108 Å². The molecule has 0 spiro atoms. The largest absolute Gasteiger partial charge is 0.338 e. The van der Waals surface area contributed by atoms with Gasteiger partial charge in [-0.3, -0.25) is 19.8 Å². The Labute approximate surface area is 130 Å². The van der Waals surface area contributed by atoms with Gasteiger partial charge in [-0.25, -0.2) is 9.59 Å². The second kappa shape index (κ2) is 6.14. The number of hydrogen-bond acceptors (Lipinski definition) is 5. The highest BCUT2D eigenvalue weighted by molar-refractivity contribution is 7.08. The first kappa shape index (κ1) is 16.0. The van der Waals surface area contributed by atoms with Crippen molar-refractivity contribution >= 4 is 35.2 Å². The van der Waals surface area contributed by atoms with Crippen molar-refractivity contribution in [3.63, 3.8) is 0 Å². The minimum Gasteiger partial charge on any atom is -0.338 e. The molecule has 1 atom stereocenters. The molecule has 0 radical (unpaired) electrons. The molecular weight excluding hydrogens is 308 g/mol. The minimum absolute atomic E-state index is 0.360. The van der Waals surface area contributed by atoms with E-state index in [2.05, 4.69) is 16.0 Å². The van der Waals surface area contributed by atoms with Crippen LogP contribution in [0.5, 0.6) is 0 Å². The Bertz CT molecular complexity index is 616. The van der Waals surface area contributed by atoms with Crippen molar-refractivity contribution in [1.82, 2.24) is 20.9 Å². The van der Waals surface area contributed by atoms with E-state index in [4.69, 9.17) is 0 Å². The fourth-order valence-electron chi connectivity index (χ4n) is 2.10. The Balaban J connectivity index is 2.07. The van der Waals surface area contributed by atoms with Gasteiger partial charge < -0.3 is 10.6 Å². The third kappa shape index (κ3) is 2.93. The highest BCUT2D eigenvalue weighted by atomic mass is 32.1. The zero-order valence-corrected chi connectivity index (χ0v) is 13.0. The summed E-state index contributed by atoms with van der Waals surface area (Å²) in [5.74, 6) is -1.26. The van der Waals surface area contributed by atoms with Crippen LogP contribution in [0.4, 0.5) is 9.59 Å². The van der Waals surface area contributed by atoms with Crippen molar-refractivity contribution in [3.05, 3.63) is 22.4 Å². The zero-order chi connectivity index (χ0) is 16.3. The van der Waals surface area contributed by atoms with Crippen molar-refractivity contribution < 1.29 is 19.2 Å². The van der Waals surface area contributed by atoms with Crippen molar-refractivity contribution in [2.24, 2.45) is 0 Å². The van der Waals surface area contributed by atoms with Crippen LogP contribution in [0.2, 0.25) is 0 Å². The summed E-state index contributed by atoms with van der Waals surface area (Å²) >= 11 is 1.40. The third-order valence-electron chi connectivity index (χ3n) is 3.27. The van der Waals surface area contributed by atoms with Gasteiger partial charge in [0.25, 0.3) is 5.91 Å². The number of hydrogen-bond donors (Lipinski definition) is 3. The summed E-state index contributed by atoms with van der Waals surface area (Å²) in [7, 11) is 0. The van der Waals surface area contributed by atoms with E-state index in [-0.39, 0.29) is 0 Å². The predicted molar refractivity (Wildman–Crippen MR) is 79.1 cm³/mol. The lowest BCUT2D eigenvalue weighted by Crippen LogP contribution is -2.46. The third-order valence-corrected chi connectivity index (χ3v) is 3.95. The number of carbonyl (C=O) groups excluding carboxylic acids is 4. The molecule has 0 saturated carbocycles. The van der Waals surface area contributed by atoms with Gasteiger partial charge in [-0.05, 0) is 36.2 Å². The molecule has 2 rings (SSSR count). The Hall–Kier alpha value is -2.42. The van der Waals surface area contributed by atoms with Crippen LogP contribution in [0.15, 0.2) is 16.8 Å². The number of nitrogens with one attached hydrogen (secondary N) is 3. The number of thiophene rings is 1. The van der Waals surface area contributed by atoms with Gasteiger partial charge in [0.2, 0.25) is 5.91 Å². The lowest BCUT2D eigenvalue weighted by Gasteiger charge is -2.20. The number of imide groups is 2. The predicted octanol–water partition coefficient (Wildman–Crippen LogP) is 0.361. The van der Waals surface area contributed by atoms with Crippen LogP contribution in [-0.2, 0) is 15.1 Å². The number of nitrogens with zero attached hydrogens (tertiary/aromatic N) is 1. The monoisotopic (exact) mass is 324 g/mol. The van der Waals surface area contributed by atoms with E-state index < -0.39 is 36.0 Å². The number of urea groups is 2. The van der Waals surface area contributed by atoms with Gasteiger partial charge in [0.05, 0.1) is 0 Å². The molecule has 0 aromatic carbocycles. The second-order valence-corrected chi connectivity index (χ2v) is 5.65. The van der Waals surface area contributed by atoms with E-state index in [0.29, 0.717) is 12.1 Å². The van der Waals surface area contributed by atoms with Crippen LogP contribution in [0.3, 0.4) is 0 Å². The van der Waals surface area contributed by atoms with E-state index in [9.17, 15) is 19.2 Å². The maximum atomic E-state index is 12.4. The average molecular weight is 324 g/mol. The van der Waals surface area contributed by atoms with E-state index >= 15 is 0 Å². The van der Waals surface area contributed by atoms with Crippen LogP contribution in [0.25, 0.3) is 0 Å². The summed E-state index contributed by atoms with van der Waals surface area (Å²) in [5, 5.41) is 10.6. The molecule has 0 bridgehead atoms. The van der Waals surface area contributed by atoms with Gasteiger partial charge in [0, 0.05) is 6.54 Å². The van der Waals surface area contributed by atoms with Crippen LogP contribution in [0.1, 0.15) is 19.4 Å². The normalized spacial score (nSPS) is 20.7. The smallest absolute Gasteiger partial charge is 0.325 e. The van der Waals surface area contributed by atoms with Gasteiger partial charge in [-0.1, -0.05) is 0 Å². The Morgan fingerprint density at radius 3 is 2.73 bits per heavy atom. The van der Waals surface area contributed by atoms with E-state index in [1.165, 1.54) is 11.3 Å². The minimum atomic E-state index is -1.19. The molecule has 118 valence electrons. The van der Waals surface area contributed by atoms with Gasteiger partial charge in [0.1, 0.15) is 12.1 Å². The Morgan fingerprint density at radius 2 is 2.14 bits per heavy atom. The van der Waals surface area contributed by atoms with Gasteiger partial charge >= 0.3 is 12.1 Å². The maximum Gasteiger partial charge on any atom is 0.325 e. The van der Waals surface area contributed by atoms with Crippen LogP contribution < -0.4 is 16.0 Å². The van der Waals surface area contributed by atoms with Crippen LogP contribution in [0, 0.1) is 0 Å². The van der Waals surface area contributed by atoms with E-state index in [1.807, 2.05) is 0 Å². The molecule has 1 aromatic rings. The average Bonchev–Trinajstić information content (AvgIpc) is 3.04. The molecule has 22 heavy (non-hydrogen) atoms. The van der Waals surface area contributed by atoms with Gasteiger partial charge in [0.15, 0.2) is 0 Å². The summed E-state index contributed by atoms with van der Waals surface area (Å²) in [5.41, 5.74) is -0.536. The quantitative estimate of drug-likeness (QED) is 0.695. The maximum absolute atomic E-state index is 12.4. The van der Waals surface area contributed by atoms with Crippen LogP contribution >= 0.6 is 11.3 Å². The lowest BCUT2D eigenvalue weighted by molar-refractivity contribution is -0.134. The van der Waals surface area contributed by atoms with E-state index in [0.717, 1.165) is 4.90 Å². The molecule has 1 aromatic heterocycles. The van der Waals surface area contributed by atoms with E-state index in [1.54, 1.807) is 30.7 Å². The first-order valence-electron chi connectivity index (χ1n) is 6.63. The van der Waals surface area contributed by atoms with Crippen LogP contribution in [-0.4, -0.2) is 41.9 Å². The molecule has 9 heteroatoms. The van der Waals surface area contributed by atoms with Crippen molar-refractivity contribution in [3.8, 4) is 0 Å². The van der Waals surface area contributed by atoms with Gasteiger partial charge in [-0.15, -0.1) is 0 Å². The summed E-state index contributed by atoms with van der Waals surface area (Å²) in [4.78, 5) is 48.2. The summed E-state index contributed by atoms with van der Waals surface area (Å²) in [6.45, 7) is 3.13. The first-order valence-corrected chi connectivity index (χ1v) is 7.57. The molecule has 2 heterocycles. The molecular formula is C13H16N4O4S. The van der Waals surface area contributed by atoms with Crippen molar-refractivity contribution in [2.45, 2.75) is 19.4 Å². The number of carbonyl (C=O) groups is 4. The first-order chi connectivity index (χ1) is 10.4. The Morgan fingerprint density at radius 1 is 1.41 bits per heavy atom. The van der Waals surface area contributed by atoms with Gasteiger partial charge in [-0.2, -0.15) is 11.3 Å². The number of amides is 6. The highest BCUT2D eigenvalue weighted by Crippen LogP contribution is 2.29.